The van der Waals surface area contributed by atoms with Gasteiger partial charge >= 0.3 is 18.9 Å². The van der Waals surface area contributed by atoms with Crippen LogP contribution in [0.5, 0.6) is 0 Å². The van der Waals surface area contributed by atoms with Crippen molar-refractivity contribution in [3.8, 4) is 0 Å². The van der Waals surface area contributed by atoms with E-state index in [1.807, 2.05) is 34.6 Å². The number of carbonyl (C=O) groups is 2. The third-order valence-electron chi connectivity index (χ3n) is 23.9. The normalized spacial score (nSPS) is 46.2. The monoisotopic (exact) mass is 1080 g/mol. The molecule has 9 unspecified atom stereocenters. The minimum Gasteiger partial charge on any atom is -0.413 e. The van der Waals surface area contributed by atoms with Gasteiger partial charge in [-0.05, 0) is 189 Å². The van der Waals surface area contributed by atoms with Crippen LogP contribution >= 0.6 is 0 Å². The van der Waals surface area contributed by atoms with Crippen molar-refractivity contribution in [2.45, 2.75) is 291 Å². The van der Waals surface area contributed by atoms with Gasteiger partial charge in [0.2, 0.25) is 0 Å². The molecule has 8 saturated carbocycles. The van der Waals surface area contributed by atoms with Gasteiger partial charge in [0.25, 0.3) is 0 Å². The van der Waals surface area contributed by atoms with Crippen molar-refractivity contribution in [2.24, 2.45) is 69.0 Å². The van der Waals surface area contributed by atoms with Crippen LogP contribution in [0.1, 0.15) is 201 Å². The van der Waals surface area contributed by atoms with Gasteiger partial charge in [0, 0.05) is 36.9 Å². The van der Waals surface area contributed by atoms with E-state index in [-0.39, 0.29) is 107 Å². The molecule has 0 aromatic rings. The first kappa shape index (κ1) is 64.2. The minimum absolute atomic E-state index is 0. The number of rotatable bonds is 6. The Kier molecular flexibility index (Phi) is 18.3. The average molecular weight is 1080 g/mol. The average Bonchev–Trinajstić information content (AvgIpc) is 3.99. The Morgan fingerprint density at radius 3 is 1.47 bits per heavy atom. The van der Waals surface area contributed by atoms with Crippen LogP contribution in [0.15, 0.2) is 0 Å². The Morgan fingerprint density at radius 1 is 0.560 bits per heavy atom. The molecule has 0 radical (unpaired) electrons. The van der Waals surface area contributed by atoms with E-state index in [1.54, 1.807) is 0 Å². The number of hydrogen-bond donors (Lipinski definition) is 1. The van der Waals surface area contributed by atoms with E-state index in [0.717, 1.165) is 58.2 Å². The molecule has 0 bridgehead atoms. The number of ether oxygens (including phenoxy) is 5. The molecule has 10 fully saturated rings. The van der Waals surface area contributed by atoms with Gasteiger partial charge in [-0.3, -0.25) is 9.59 Å². The van der Waals surface area contributed by atoms with Gasteiger partial charge in [-0.15, -0.1) is 0 Å². The first-order chi connectivity index (χ1) is 33.4. The third-order valence-corrected chi connectivity index (χ3v) is 32.9. The van der Waals surface area contributed by atoms with Gasteiger partial charge in [-0.1, -0.05) is 88.0 Å². The van der Waals surface area contributed by atoms with Crippen molar-refractivity contribution in [2.75, 3.05) is 13.2 Å². The molecule has 8 aliphatic carbocycles. The van der Waals surface area contributed by atoms with Crippen molar-refractivity contribution in [1.29, 1.82) is 0 Å². The molecule has 2 saturated heterocycles. The van der Waals surface area contributed by atoms with Crippen LogP contribution in [-0.4, -0.2) is 100 Å². The Balaban J connectivity index is 0.000000219. The Bertz CT molecular complexity index is 2040. The van der Waals surface area contributed by atoms with E-state index in [9.17, 15) is 14.7 Å². The summed E-state index contributed by atoms with van der Waals surface area (Å²) in [5.74, 6) is 1.33. The van der Waals surface area contributed by atoms with E-state index in [4.69, 9.17) is 32.5 Å². The third kappa shape index (κ3) is 10.3. The van der Waals surface area contributed by atoms with E-state index in [0.29, 0.717) is 41.8 Å². The molecule has 0 aromatic heterocycles. The zero-order valence-electron chi connectivity index (χ0n) is 52.3. The molecular formula is C62H111LiO10Si2. The first-order valence-electron chi connectivity index (χ1n) is 29.9. The van der Waals surface area contributed by atoms with Crippen LogP contribution in [-0.2, 0) is 42.1 Å². The van der Waals surface area contributed by atoms with Gasteiger partial charge in [-0.2, -0.15) is 0 Å². The molecule has 1 N–H and O–H groups in total. The zero-order chi connectivity index (χ0) is 54.3. The molecule has 2 aliphatic heterocycles. The van der Waals surface area contributed by atoms with Gasteiger partial charge in [0.15, 0.2) is 34.0 Å². The number of aliphatic hydroxyl groups is 1. The van der Waals surface area contributed by atoms with Gasteiger partial charge in [0.1, 0.15) is 11.4 Å². The summed E-state index contributed by atoms with van der Waals surface area (Å²) < 4.78 is 45.6. The number of fused-ring (bicyclic) bond motifs is 16. The fraction of sp³-hybridized carbons (Fsp3) is 0.952. The van der Waals surface area contributed by atoms with Crippen molar-refractivity contribution >= 4 is 28.2 Å². The van der Waals surface area contributed by atoms with E-state index >= 15 is 0 Å². The fourth-order valence-electron chi connectivity index (χ4n) is 17.9. The zero-order valence-corrected chi connectivity index (χ0v) is 54.3. The van der Waals surface area contributed by atoms with Crippen LogP contribution in [0.4, 0.5) is 0 Å². The second-order valence-corrected chi connectivity index (χ2v) is 40.1. The Morgan fingerprint density at radius 2 is 0.987 bits per heavy atom. The molecule has 75 heavy (non-hydrogen) atoms. The maximum atomic E-state index is 14.6. The van der Waals surface area contributed by atoms with E-state index in [1.165, 1.54) is 32.1 Å². The smallest absolute Gasteiger partial charge is 0.413 e. The van der Waals surface area contributed by atoms with Crippen LogP contribution in [0.25, 0.3) is 0 Å². The number of Topliss-reactive ketones (excluding diaryl/α,β-unsaturated/α-hetero) is 2. The molecule has 2 heterocycles. The summed E-state index contributed by atoms with van der Waals surface area (Å²) >= 11 is 0. The molecule has 0 aromatic carbocycles. The molecule has 10 aliphatic rings. The molecule has 428 valence electrons. The van der Waals surface area contributed by atoms with Crippen molar-refractivity contribution in [3.05, 3.63) is 7.43 Å². The largest absolute Gasteiger partial charge is 1.00 e. The summed E-state index contributed by atoms with van der Waals surface area (Å²) in [5, 5.41) is 12.5. The molecule has 19 atom stereocenters. The van der Waals surface area contributed by atoms with Crippen molar-refractivity contribution in [1.82, 2.24) is 0 Å². The maximum absolute atomic E-state index is 14.6. The maximum Gasteiger partial charge on any atom is 1.00 e. The topological polar surface area (TPSA) is 119 Å². The molecule has 13 heteroatoms. The second kappa shape index (κ2) is 21.3. The Hall–Kier alpha value is 0.0512. The summed E-state index contributed by atoms with van der Waals surface area (Å²) in [6, 6.07) is 0. The summed E-state index contributed by atoms with van der Waals surface area (Å²) in [6.07, 6.45) is 14.2. The molecule has 0 spiro atoms. The van der Waals surface area contributed by atoms with Gasteiger partial charge < -0.3 is 45.1 Å². The SMILES string of the molecule is CC1(C)O[C@@H]2C3C(C(=O)C(C)(O)[C@@]4(C)C3CC[C@@H]4O[Si](C)(C)C(C)(C)C)[C@@]3(C)CCCCC3[C@H]2O1.CC1(C)O[C@@H]2C3C(CC(=O)[C@@]4(C)C3CC[C@@H]4O[Si](C)(C)C(C)(C)C)[C@@]3(C)CCCCC3[C@H]2O1.CCOCC.[CH3-].[Li+]. The fourth-order valence-corrected chi connectivity index (χ4v) is 20.7. The van der Waals surface area contributed by atoms with Crippen LogP contribution < -0.4 is 18.9 Å². The predicted octanol–water partition coefficient (Wildman–Crippen LogP) is 11.3. The number of carbonyl (C=O) groups excluding carboxylic acids is 2. The van der Waals surface area contributed by atoms with Crippen molar-refractivity contribution < 1.29 is 66.1 Å². The number of hydrogen-bond acceptors (Lipinski definition) is 10. The quantitative estimate of drug-likeness (QED) is 0.203. The molecule has 10 nitrogen and oxygen atoms in total. The van der Waals surface area contributed by atoms with E-state index in [2.05, 4.69) is 109 Å². The summed E-state index contributed by atoms with van der Waals surface area (Å²) in [7, 11) is -4.06. The molecule has 0 amide bonds. The van der Waals surface area contributed by atoms with Crippen LogP contribution in [0.3, 0.4) is 0 Å². The van der Waals surface area contributed by atoms with Crippen LogP contribution in [0, 0.1) is 76.4 Å². The van der Waals surface area contributed by atoms with Gasteiger partial charge in [0.05, 0.1) is 42.0 Å². The number of ketones is 2. The Labute approximate surface area is 472 Å². The summed E-state index contributed by atoms with van der Waals surface area (Å²) in [4.78, 5) is 28.7. The standard InChI is InChI=1S/C29H50O5Si.C28H48O4Si.C4H10O.CH3.Li/c1-25(2,3)35(9,10)34-19-15-14-17-20-21(24(30)29(8,31)28(17,19)7)27(6)16-12-11-13-18(27)22-23(20)33-26(4,5)32-22;1-25(2,3)33(8,9)32-21-14-13-17-22-19(16-20(29)28(17,21)7)27(6)15-11-10-12-18(27)23-24(22)31-26(4,5)30-23;1-3-5-4-2;;/h17-23,31H,11-16H2,1-10H3;17-19,21-24H,10-16H2,1-9H3;3-4H2,1-2H3;1H3;/q;;;-1;+1/t17?,18?,19-,20?,21?,22+,23+,27-,28-,29?;17?,18?,19?,21-,22?,23+,24+,27-,28+;;;/m00.../s1. The molecular weight excluding hydrogens is 968 g/mol. The summed E-state index contributed by atoms with van der Waals surface area (Å²) in [5.41, 5.74) is -2.43. The van der Waals surface area contributed by atoms with Crippen LogP contribution in [0.2, 0.25) is 36.3 Å². The van der Waals surface area contributed by atoms with Crippen molar-refractivity contribution in [3.63, 3.8) is 0 Å². The van der Waals surface area contributed by atoms with Gasteiger partial charge in [-0.25, -0.2) is 0 Å². The first-order valence-corrected chi connectivity index (χ1v) is 35.7. The van der Waals surface area contributed by atoms with E-state index < -0.39 is 44.6 Å². The summed E-state index contributed by atoms with van der Waals surface area (Å²) in [6.45, 7) is 47.9. The molecule has 10 rings (SSSR count). The second-order valence-electron chi connectivity index (χ2n) is 30.6. The minimum atomic E-state index is -2.09. The predicted molar refractivity (Wildman–Crippen MR) is 301 cm³/mol.